The first-order valence-corrected chi connectivity index (χ1v) is 14.1. The molecule has 0 aliphatic carbocycles. The minimum absolute atomic E-state index is 0. The SMILES string of the molecule is CN(Cc1nc(-c2cc(C(C)(C)C)c(O)c(C(C)(C)C)c2)cs1)c1ccc(N=C(N)c2cccs2)cc1.Cl. The number of benzene rings is 2. The lowest BCUT2D eigenvalue weighted by Crippen LogP contribution is -2.17. The third-order valence-corrected chi connectivity index (χ3v) is 7.99. The molecule has 2 heterocycles. The molecule has 0 unspecified atom stereocenters. The van der Waals surface area contributed by atoms with Crippen LogP contribution in [0.2, 0.25) is 0 Å². The van der Waals surface area contributed by atoms with Crippen LogP contribution in [-0.2, 0) is 17.4 Å². The molecule has 0 aliphatic heterocycles. The molecule has 0 saturated carbocycles. The van der Waals surface area contributed by atoms with E-state index in [9.17, 15) is 5.11 Å². The zero-order chi connectivity index (χ0) is 27.0. The number of thiophene rings is 1. The van der Waals surface area contributed by atoms with Crippen molar-refractivity contribution in [3.05, 3.63) is 80.3 Å². The number of nitrogens with two attached hydrogens (primary N) is 1. The number of halogens is 1. The van der Waals surface area contributed by atoms with Crippen LogP contribution < -0.4 is 10.6 Å². The van der Waals surface area contributed by atoms with Gasteiger partial charge < -0.3 is 15.7 Å². The number of nitrogens with zero attached hydrogens (tertiary/aromatic N) is 3. The molecule has 38 heavy (non-hydrogen) atoms. The molecule has 0 aliphatic rings. The zero-order valence-electron chi connectivity index (χ0n) is 23.1. The summed E-state index contributed by atoms with van der Waals surface area (Å²) < 4.78 is 0. The van der Waals surface area contributed by atoms with E-state index in [-0.39, 0.29) is 23.2 Å². The molecule has 4 aromatic rings. The molecule has 0 saturated heterocycles. The summed E-state index contributed by atoms with van der Waals surface area (Å²) in [6.07, 6.45) is 0. The molecule has 202 valence electrons. The van der Waals surface area contributed by atoms with E-state index in [0.717, 1.165) is 43.6 Å². The lowest BCUT2D eigenvalue weighted by Gasteiger charge is -2.28. The van der Waals surface area contributed by atoms with Gasteiger partial charge in [0.25, 0.3) is 0 Å². The number of phenols is 1. The largest absolute Gasteiger partial charge is 0.507 e. The van der Waals surface area contributed by atoms with Gasteiger partial charge in [0.15, 0.2) is 0 Å². The van der Waals surface area contributed by atoms with E-state index in [4.69, 9.17) is 10.7 Å². The van der Waals surface area contributed by atoms with Gasteiger partial charge in [-0.2, -0.15) is 0 Å². The number of aliphatic imine (C=N–C) groups is 1. The summed E-state index contributed by atoms with van der Waals surface area (Å²) in [7, 11) is 2.06. The van der Waals surface area contributed by atoms with Gasteiger partial charge in [-0.3, -0.25) is 0 Å². The quantitative estimate of drug-likeness (QED) is 0.181. The van der Waals surface area contributed by atoms with Crippen molar-refractivity contribution in [3.63, 3.8) is 0 Å². The lowest BCUT2D eigenvalue weighted by molar-refractivity contribution is 0.423. The van der Waals surface area contributed by atoms with Gasteiger partial charge in [-0.1, -0.05) is 47.6 Å². The first kappa shape index (κ1) is 29.7. The Morgan fingerprint density at radius 3 is 2.11 bits per heavy atom. The molecule has 0 amide bonds. The van der Waals surface area contributed by atoms with Crippen LogP contribution in [0.3, 0.4) is 0 Å². The van der Waals surface area contributed by atoms with E-state index >= 15 is 0 Å². The molecular formula is C30H37ClN4OS2. The van der Waals surface area contributed by atoms with E-state index in [1.54, 1.807) is 22.7 Å². The van der Waals surface area contributed by atoms with Crippen molar-refractivity contribution >= 4 is 52.3 Å². The fourth-order valence-electron chi connectivity index (χ4n) is 4.14. The summed E-state index contributed by atoms with van der Waals surface area (Å²) in [5.41, 5.74) is 11.6. The van der Waals surface area contributed by atoms with Crippen molar-refractivity contribution in [2.45, 2.75) is 58.9 Å². The maximum atomic E-state index is 11.1. The van der Waals surface area contributed by atoms with Crippen molar-refractivity contribution in [2.75, 3.05) is 11.9 Å². The average molecular weight is 569 g/mol. The number of aromatic nitrogens is 1. The molecule has 8 heteroatoms. The number of phenolic OH excluding ortho intramolecular Hbond substituents is 1. The molecule has 0 spiro atoms. The van der Waals surface area contributed by atoms with E-state index in [0.29, 0.717) is 18.1 Å². The van der Waals surface area contributed by atoms with Crippen molar-refractivity contribution in [2.24, 2.45) is 10.7 Å². The van der Waals surface area contributed by atoms with Gasteiger partial charge in [0.2, 0.25) is 0 Å². The van der Waals surface area contributed by atoms with E-state index in [1.807, 2.05) is 29.6 Å². The summed E-state index contributed by atoms with van der Waals surface area (Å²) >= 11 is 3.24. The maximum absolute atomic E-state index is 11.1. The topological polar surface area (TPSA) is 74.7 Å². The second-order valence-corrected chi connectivity index (χ2v) is 13.3. The van der Waals surface area contributed by atoms with Crippen LogP contribution in [0.25, 0.3) is 11.3 Å². The highest BCUT2D eigenvalue weighted by atomic mass is 35.5. The van der Waals surface area contributed by atoms with Crippen molar-refractivity contribution in [1.29, 1.82) is 0 Å². The van der Waals surface area contributed by atoms with Crippen molar-refractivity contribution in [1.82, 2.24) is 4.98 Å². The third kappa shape index (κ3) is 6.76. The summed E-state index contributed by atoms with van der Waals surface area (Å²) in [6.45, 7) is 13.5. The molecule has 0 radical (unpaired) electrons. The van der Waals surface area contributed by atoms with Crippen LogP contribution >= 0.6 is 35.1 Å². The highest BCUT2D eigenvalue weighted by Crippen LogP contribution is 2.42. The molecule has 2 aromatic carbocycles. The van der Waals surface area contributed by atoms with Crippen LogP contribution in [0.4, 0.5) is 11.4 Å². The molecular weight excluding hydrogens is 532 g/mol. The highest BCUT2D eigenvalue weighted by molar-refractivity contribution is 7.12. The predicted octanol–water partition coefficient (Wildman–Crippen LogP) is 8.27. The minimum atomic E-state index is -0.177. The standard InChI is InChI=1S/C30H36N4OS2.ClH/c1-29(2,3)22-15-19(16-23(27(22)35)30(4,5)6)24-18-37-26(33-24)17-34(7)21-12-10-20(11-13-21)32-28(31)25-9-8-14-36-25;/h8-16,18,35H,17H2,1-7H3,(H2,31,32);1H. The number of aromatic hydroxyl groups is 1. The monoisotopic (exact) mass is 568 g/mol. The smallest absolute Gasteiger partial charge is 0.141 e. The van der Waals surface area contributed by atoms with Crippen LogP contribution in [0, 0.1) is 0 Å². The molecule has 2 aromatic heterocycles. The van der Waals surface area contributed by atoms with Gasteiger partial charge >= 0.3 is 0 Å². The summed E-state index contributed by atoms with van der Waals surface area (Å²) in [6, 6.07) is 16.2. The predicted molar refractivity (Wildman–Crippen MR) is 167 cm³/mol. The molecule has 0 atom stereocenters. The van der Waals surface area contributed by atoms with Gasteiger partial charge in [0.05, 0.1) is 22.8 Å². The number of rotatable bonds is 6. The number of hydrogen-bond donors (Lipinski definition) is 2. The maximum Gasteiger partial charge on any atom is 0.141 e. The Labute approximate surface area is 240 Å². The Bertz CT molecular complexity index is 1360. The van der Waals surface area contributed by atoms with E-state index in [1.165, 1.54) is 0 Å². The normalized spacial score (nSPS) is 12.3. The second kappa shape index (κ2) is 11.5. The van der Waals surface area contributed by atoms with E-state index < -0.39 is 0 Å². The Balaban J connectivity index is 0.00000400. The molecule has 4 rings (SSSR count). The Morgan fingerprint density at radius 2 is 1.58 bits per heavy atom. The Kier molecular flexibility index (Phi) is 8.97. The Morgan fingerprint density at radius 1 is 0.974 bits per heavy atom. The fraction of sp³-hybridized carbons (Fsp3) is 0.333. The fourth-order valence-corrected chi connectivity index (χ4v) is 5.62. The molecule has 5 nitrogen and oxygen atoms in total. The molecule has 3 N–H and O–H groups in total. The summed E-state index contributed by atoms with van der Waals surface area (Å²) in [4.78, 5) is 12.6. The number of amidine groups is 1. The number of anilines is 1. The number of hydrogen-bond acceptors (Lipinski definition) is 6. The Hall–Kier alpha value is -2.87. The number of thiazole rings is 1. The summed E-state index contributed by atoms with van der Waals surface area (Å²) in [5.74, 6) is 0.925. The zero-order valence-corrected chi connectivity index (χ0v) is 25.5. The van der Waals surface area contributed by atoms with Gasteiger partial charge in [-0.25, -0.2) is 9.98 Å². The highest BCUT2D eigenvalue weighted by Gasteiger charge is 2.27. The third-order valence-electron chi connectivity index (χ3n) is 6.26. The van der Waals surface area contributed by atoms with Gasteiger partial charge in [-0.15, -0.1) is 35.1 Å². The van der Waals surface area contributed by atoms with Crippen LogP contribution in [0.1, 0.15) is 62.6 Å². The second-order valence-electron chi connectivity index (χ2n) is 11.4. The first-order valence-electron chi connectivity index (χ1n) is 12.3. The molecule has 0 bridgehead atoms. The lowest BCUT2D eigenvalue weighted by atomic mass is 9.78. The molecule has 0 fully saturated rings. The van der Waals surface area contributed by atoms with Gasteiger partial charge in [0, 0.05) is 34.8 Å². The van der Waals surface area contributed by atoms with Crippen molar-refractivity contribution < 1.29 is 5.11 Å². The van der Waals surface area contributed by atoms with Gasteiger partial charge in [0.1, 0.15) is 16.6 Å². The van der Waals surface area contributed by atoms with Crippen molar-refractivity contribution in [3.8, 4) is 17.0 Å². The average Bonchev–Trinajstić information content (AvgIpc) is 3.51. The summed E-state index contributed by atoms with van der Waals surface area (Å²) in [5, 5.41) is 16.2. The van der Waals surface area contributed by atoms with Gasteiger partial charge in [-0.05, 0) is 58.7 Å². The minimum Gasteiger partial charge on any atom is -0.507 e. The van der Waals surface area contributed by atoms with Crippen LogP contribution in [-0.4, -0.2) is 23.0 Å². The van der Waals surface area contributed by atoms with E-state index in [2.05, 4.69) is 88.1 Å². The van der Waals surface area contributed by atoms with Crippen LogP contribution in [0.5, 0.6) is 5.75 Å². The first-order chi connectivity index (χ1) is 17.3. The van der Waals surface area contributed by atoms with Crippen LogP contribution in [0.15, 0.2) is 64.3 Å².